The molecule has 4 atom stereocenters. The molecule has 136 valence electrons. The Labute approximate surface area is 152 Å². The van der Waals surface area contributed by atoms with Crippen LogP contribution in [0.3, 0.4) is 0 Å². The first-order chi connectivity index (χ1) is 12.5. The number of imidazole rings is 1. The highest BCUT2D eigenvalue weighted by molar-refractivity contribution is 6.29. The molecule has 10 heteroatoms. The standard InChI is InChI=1S/C16H16ClN5O4/c17-15-21-10-13(18)19-7-20-14(10)22(15)16(8-4-2-1-3-5-8)12(25)11(24)9(6-23)26-16/h1-5,7,9,11-12,23-25H,6H2,(H2,18,19,20)/t9-,11-,12-,16-/m1/s1. The second-order valence-corrected chi connectivity index (χ2v) is 6.32. The molecule has 3 aromatic rings. The molecule has 1 aliphatic heterocycles. The van der Waals surface area contributed by atoms with Crippen molar-refractivity contribution in [3.8, 4) is 0 Å². The van der Waals surface area contributed by atoms with Gasteiger partial charge in [-0.15, -0.1) is 0 Å². The van der Waals surface area contributed by atoms with Gasteiger partial charge in [0.25, 0.3) is 0 Å². The Hall–Kier alpha value is -2.30. The molecule has 0 unspecified atom stereocenters. The number of fused-ring (bicyclic) bond motifs is 1. The van der Waals surface area contributed by atoms with E-state index in [9.17, 15) is 15.3 Å². The molecule has 5 N–H and O–H groups in total. The van der Waals surface area contributed by atoms with Gasteiger partial charge < -0.3 is 25.8 Å². The average Bonchev–Trinajstić information content (AvgIpc) is 3.12. The number of aliphatic hydroxyl groups excluding tert-OH is 3. The van der Waals surface area contributed by atoms with Gasteiger partial charge in [0.15, 0.2) is 17.0 Å². The van der Waals surface area contributed by atoms with E-state index in [1.54, 1.807) is 30.3 Å². The van der Waals surface area contributed by atoms with Crippen molar-refractivity contribution in [2.45, 2.75) is 24.0 Å². The van der Waals surface area contributed by atoms with Gasteiger partial charge in [-0.05, 0) is 11.6 Å². The third-order valence-electron chi connectivity index (χ3n) is 4.57. The Bertz CT molecular complexity index is 952. The number of benzene rings is 1. The molecule has 0 bridgehead atoms. The normalized spacial score (nSPS) is 28.7. The number of hydrogen-bond acceptors (Lipinski definition) is 8. The molecule has 26 heavy (non-hydrogen) atoms. The van der Waals surface area contributed by atoms with Gasteiger partial charge in [0, 0.05) is 5.56 Å². The Morgan fingerprint density at radius 2 is 1.96 bits per heavy atom. The van der Waals surface area contributed by atoms with Crippen molar-refractivity contribution in [2.75, 3.05) is 12.3 Å². The summed E-state index contributed by atoms with van der Waals surface area (Å²) in [4.78, 5) is 12.2. The van der Waals surface area contributed by atoms with E-state index in [2.05, 4.69) is 15.0 Å². The maximum absolute atomic E-state index is 10.9. The van der Waals surface area contributed by atoms with Gasteiger partial charge in [-0.3, -0.25) is 4.57 Å². The number of aromatic nitrogens is 4. The summed E-state index contributed by atoms with van der Waals surface area (Å²) in [5.41, 5.74) is 5.18. The first kappa shape index (κ1) is 17.1. The number of rotatable bonds is 3. The van der Waals surface area contributed by atoms with Crippen molar-refractivity contribution in [3.05, 3.63) is 47.5 Å². The van der Waals surface area contributed by atoms with Crippen molar-refractivity contribution in [2.24, 2.45) is 0 Å². The van der Waals surface area contributed by atoms with Crippen LogP contribution in [0.1, 0.15) is 5.56 Å². The Balaban J connectivity index is 2.06. The minimum atomic E-state index is -1.65. The van der Waals surface area contributed by atoms with Crippen LogP contribution in [-0.4, -0.2) is 59.8 Å². The zero-order valence-electron chi connectivity index (χ0n) is 13.4. The summed E-state index contributed by atoms with van der Waals surface area (Å²) in [5.74, 6) is 0.116. The highest BCUT2D eigenvalue weighted by Crippen LogP contribution is 2.44. The molecule has 0 radical (unpaired) electrons. The fourth-order valence-electron chi connectivity index (χ4n) is 3.36. The Kier molecular flexibility index (Phi) is 4.05. The summed E-state index contributed by atoms with van der Waals surface area (Å²) in [6, 6.07) is 8.72. The Morgan fingerprint density at radius 3 is 2.62 bits per heavy atom. The molecule has 2 aromatic heterocycles. The van der Waals surface area contributed by atoms with Crippen molar-refractivity contribution in [1.82, 2.24) is 19.5 Å². The molecule has 0 saturated carbocycles. The molecule has 0 aliphatic carbocycles. The average molecular weight is 378 g/mol. The van der Waals surface area contributed by atoms with Crippen molar-refractivity contribution < 1.29 is 20.1 Å². The first-order valence-electron chi connectivity index (χ1n) is 7.86. The van der Waals surface area contributed by atoms with Gasteiger partial charge in [-0.1, -0.05) is 30.3 Å². The summed E-state index contributed by atoms with van der Waals surface area (Å²) in [6.45, 7) is -0.492. The lowest BCUT2D eigenvalue weighted by Gasteiger charge is -2.34. The molecule has 4 rings (SSSR count). The summed E-state index contributed by atoms with van der Waals surface area (Å²) >= 11 is 6.36. The third kappa shape index (κ3) is 2.22. The van der Waals surface area contributed by atoms with E-state index in [0.29, 0.717) is 5.56 Å². The lowest BCUT2D eigenvalue weighted by atomic mass is 9.94. The summed E-state index contributed by atoms with van der Waals surface area (Å²) in [5, 5.41) is 30.8. The van der Waals surface area contributed by atoms with E-state index in [1.165, 1.54) is 10.9 Å². The second kappa shape index (κ2) is 6.15. The summed E-state index contributed by atoms with van der Waals surface area (Å²) in [6.07, 6.45) is -2.59. The van der Waals surface area contributed by atoms with Crippen LogP contribution in [0, 0.1) is 0 Å². The van der Waals surface area contributed by atoms with E-state index >= 15 is 0 Å². The molecule has 1 aromatic carbocycles. The monoisotopic (exact) mass is 377 g/mol. The number of nitrogen functional groups attached to an aromatic ring is 1. The second-order valence-electron chi connectivity index (χ2n) is 5.98. The third-order valence-corrected chi connectivity index (χ3v) is 4.82. The van der Waals surface area contributed by atoms with Gasteiger partial charge in [0.1, 0.15) is 24.6 Å². The Morgan fingerprint density at radius 1 is 1.23 bits per heavy atom. The number of ether oxygens (including phenoxy) is 1. The van der Waals surface area contributed by atoms with Gasteiger partial charge in [-0.25, -0.2) is 15.0 Å². The van der Waals surface area contributed by atoms with Gasteiger partial charge in [0.05, 0.1) is 6.61 Å². The van der Waals surface area contributed by atoms with Crippen LogP contribution < -0.4 is 5.73 Å². The number of nitrogens with two attached hydrogens (primary N) is 1. The molecule has 3 heterocycles. The van der Waals surface area contributed by atoms with E-state index in [0.717, 1.165) is 0 Å². The molecule has 0 amide bonds. The number of aliphatic hydroxyl groups is 3. The van der Waals surface area contributed by atoms with E-state index in [1.807, 2.05) is 0 Å². The van der Waals surface area contributed by atoms with Crippen LogP contribution in [0.4, 0.5) is 5.82 Å². The highest BCUT2D eigenvalue weighted by Gasteiger charge is 2.58. The largest absolute Gasteiger partial charge is 0.394 e. The first-order valence-corrected chi connectivity index (χ1v) is 8.23. The predicted octanol–water partition coefficient (Wildman–Crippen LogP) is -0.124. The fraction of sp³-hybridized carbons (Fsp3) is 0.312. The number of halogens is 1. The molecule has 1 fully saturated rings. The highest BCUT2D eigenvalue weighted by atomic mass is 35.5. The number of nitrogens with zero attached hydrogens (tertiary/aromatic N) is 4. The van der Waals surface area contributed by atoms with Gasteiger partial charge in [-0.2, -0.15) is 0 Å². The minimum Gasteiger partial charge on any atom is -0.394 e. The van der Waals surface area contributed by atoms with Crippen molar-refractivity contribution >= 4 is 28.6 Å². The summed E-state index contributed by atoms with van der Waals surface area (Å²) in [7, 11) is 0. The van der Waals surface area contributed by atoms with Crippen LogP contribution in [0.5, 0.6) is 0 Å². The van der Waals surface area contributed by atoms with Crippen molar-refractivity contribution in [1.29, 1.82) is 0 Å². The molecular weight excluding hydrogens is 362 g/mol. The molecule has 1 aliphatic rings. The maximum atomic E-state index is 10.9. The molecule has 0 spiro atoms. The maximum Gasteiger partial charge on any atom is 0.207 e. The quantitative estimate of drug-likeness (QED) is 0.463. The minimum absolute atomic E-state index is 0.0547. The van der Waals surface area contributed by atoms with Crippen LogP contribution >= 0.6 is 11.6 Å². The van der Waals surface area contributed by atoms with E-state index in [-0.39, 0.29) is 22.3 Å². The van der Waals surface area contributed by atoms with E-state index < -0.39 is 30.6 Å². The molecular formula is C16H16ClN5O4. The summed E-state index contributed by atoms with van der Waals surface area (Å²) < 4.78 is 7.33. The predicted molar refractivity (Wildman–Crippen MR) is 92.2 cm³/mol. The van der Waals surface area contributed by atoms with Gasteiger partial charge in [0.2, 0.25) is 11.0 Å². The number of hydrogen-bond donors (Lipinski definition) is 4. The number of anilines is 1. The van der Waals surface area contributed by atoms with Crippen LogP contribution in [0.25, 0.3) is 11.2 Å². The lowest BCUT2D eigenvalue weighted by Crippen LogP contribution is -2.46. The zero-order chi connectivity index (χ0) is 18.5. The van der Waals surface area contributed by atoms with Gasteiger partial charge >= 0.3 is 0 Å². The SMILES string of the molecule is Nc1ncnc2c1nc(Cl)n2[C@]1(c2ccccc2)O[C@H](CO)[C@@H](O)[C@H]1O. The van der Waals surface area contributed by atoms with Crippen LogP contribution in [0.2, 0.25) is 5.28 Å². The van der Waals surface area contributed by atoms with Crippen LogP contribution in [0.15, 0.2) is 36.7 Å². The lowest BCUT2D eigenvalue weighted by molar-refractivity contribution is -0.115. The topological polar surface area (TPSA) is 140 Å². The molecule has 1 saturated heterocycles. The van der Waals surface area contributed by atoms with E-state index in [4.69, 9.17) is 22.1 Å². The fourth-order valence-corrected chi connectivity index (χ4v) is 3.65. The molecule has 9 nitrogen and oxygen atoms in total. The zero-order valence-corrected chi connectivity index (χ0v) is 14.2. The van der Waals surface area contributed by atoms with Crippen LogP contribution in [-0.2, 0) is 10.5 Å². The van der Waals surface area contributed by atoms with Crippen molar-refractivity contribution in [3.63, 3.8) is 0 Å². The smallest absolute Gasteiger partial charge is 0.207 e.